The minimum Gasteiger partial charge on any atom is -0.342 e. The molecule has 1 rings (SSSR count). The smallest absolute Gasteiger partial charge is 0.342 e. The van der Waals surface area contributed by atoms with Crippen LogP contribution in [-0.2, 0) is 21.0 Å². The van der Waals surface area contributed by atoms with E-state index in [0.717, 1.165) is 18.2 Å². The van der Waals surface area contributed by atoms with Gasteiger partial charge in [-0.3, -0.25) is 4.79 Å². The zero-order valence-corrected chi connectivity index (χ0v) is 14.8. The number of carbonyl (C=O) groups is 1. The molecule has 0 bridgehead atoms. The van der Waals surface area contributed by atoms with Gasteiger partial charge in [-0.2, -0.15) is 13.2 Å². The lowest BCUT2D eigenvalue weighted by atomic mass is 10.2. The molecule has 25 heavy (non-hydrogen) atoms. The van der Waals surface area contributed by atoms with Crippen LogP contribution in [0.2, 0.25) is 0 Å². The molecule has 6 nitrogen and oxygen atoms in total. The van der Waals surface area contributed by atoms with Gasteiger partial charge in [0, 0.05) is 32.6 Å². The van der Waals surface area contributed by atoms with Crippen molar-refractivity contribution in [1.29, 1.82) is 0 Å². The molecule has 1 aromatic carbocycles. The number of nitrogens with two attached hydrogens (primary N) is 1. The summed E-state index contributed by atoms with van der Waals surface area (Å²) >= 11 is 0. The van der Waals surface area contributed by atoms with Gasteiger partial charge in [-0.05, 0) is 31.5 Å². The van der Waals surface area contributed by atoms with Crippen molar-refractivity contribution in [2.24, 2.45) is 5.73 Å². The molecule has 0 aliphatic carbocycles. The molecule has 1 amide bonds. The van der Waals surface area contributed by atoms with E-state index in [2.05, 4.69) is 4.72 Å². The lowest BCUT2D eigenvalue weighted by molar-refractivity contribution is -0.137. The maximum Gasteiger partial charge on any atom is 0.416 e. The summed E-state index contributed by atoms with van der Waals surface area (Å²) in [5.41, 5.74) is 4.43. The zero-order valence-electron chi connectivity index (χ0n) is 14.0. The highest BCUT2D eigenvalue weighted by atomic mass is 32.2. The van der Waals surface area contributed by atoms with Gasteiger partial charge >= 0.3 is 6.18 Å². The van der Waals surface area contributed by atoms with E-state index >= 15 is 0 Å². The van der Waals surface area contributed by atoms with Gasteiger partial charge in [0.1, 0.15) is 0 Å². The number of nitrogens with zero attached hydrogens (tertiary/aromatic N) is 1. The maximum atomic E-state index is 12.7. The quantitative estimate of drug-likeness (QED) is 0.669. The molecular weight excluding hydrogens is 359 g/mol. The summed E-state index contributed by atoms with van der Waals surface area (Å²) in [6.45, 7) is 2.04. The van der Waals surface area contributed by atoms with Gasteiger partial charge in [0.05, 0.1) is 10.5 Å². The Morgan fingerprint density at radius 1 is 1.36 bits per heavy atom. The van der Waals surface area contributed by atoms with E-state index in [1.54, 1.807) is 14.0 Å². The molecular formula is C15H22F3N3O3S. The molecule has 0 aromatic heterocycles. The number of carbonyl (C=O) groups excluding carboxylic acids is 1. The van der Waals surface area contributed by atoms with Gasteiger partial charge in [-0.25, -0.2) is 13.1 Å². The number of nitrogens with one attached hydrogen (secondary N) is 1. The molecule has 0 fully saturated rings. The Balaban J connectivity index is 2.61. The molecule has 1 atom stereocenters. The van der Waals surface area contributed by atoms with E-state index in [-0.39, 0.29) is 31.3 Å². The Labute approximate surface area is 145 Å². The lowest BCUT2D eigenvalue weighted by Crippen LogP contribution is -2.39. The number of halogens is 3. The second kappa shape index (κ2) is 8.63. The maximum absolute atomic E-state index is 12.7. The van der Waals surface area contributed by atoms with E-state index in [9.17, 15) is 26.4 Å². The van der Waals surface area contributed by atoms with Crippen molar-refractivity contribution in [3.05, 3.63) is 29.8 Å². The monoisotopic (exact) mass is 381 g/mol. The molecule has 0 radical (unpaired) electrons. The first-order valence-corrected chi connectivity index (χ1v) is 9.10. The Hall–Kier alpha value is -1.65. The minimum atomic E-state index is -4.62. The van der Waals surface area contributed by atoms with Crippen LogP contribution in [0.4, 0.5) is 13.2 Å². The first-order valence-electron chi connectivity index (χ1n) is 7.61. The normalized spacial score (nSPS) is 13.5. The van der Waals surface area contributed by atoms with Gasteiger partial charge in [0.25, 0.3) is 0 Å². The first-order chi connectivity index (χ1) is 11.5. The largest absolute Gasteiger partial charge is 0.416 e. The average molecular weight is 381 g/mol. The molecule has 0 saturated heterocycles. The highest BCUT2D eigenvalue weighted by Crippen LogP contribution is 2.30. The minimum absolute atomic E-state index is 0.0604. The van der Waals surface area contributed by atoms with E-state index in [4.69, 9.17) is 5.73 Å². The number of sulfonamides is 1. The van der Waals surface area contributed by atoms with E-state index in [1.807, 2.05) is 0 Å². The number of alkyl halides is 3. The Morgan fingerprint density at radius 3 is 2.56 bits per heavy atom. The summed E-state index contributed by atoms with van der Waals surface area (Å²) in [6, 6.07) is 3.36. The second-order valence-electron chi connectivity index (χ2n) is 5.62. The van der Waals surface area contributed by atoms with Crippen LogP contribution < -0.4 is 10.5 Å². The fraction of sp³-hybridized carbons (Fsp3) is 0.533. The molecule has 1 aromatic rings. The molecule has 0 spiro atoms. The fourth-order valence-corrected chi connectivity index (χ4v) is 3.07. The third-order valence-corrected chi connectivity index (χ3v) is 5.19. The van der Waals surface area contributed by atoms with Gasteiger partial charge in [0.15, 0.2) is 0 Å². The van der Waals surface area contributed by atoms with Crippen molar-refractivity contribution in [1.82, 2.24) is 9.62 Å². The molecule has 0 aliphatic rings. The number of rotatable bonds is 8. The van der Waals surface area contributed by atoms with Crippen LogP contribution in [0, 0.1) is 0 Å². The summed E-state index contributed by atoms with van der Waals surface area (Å²) in [4.78, 5) is 12.9. The number of hydrogen-bond acceptors (Lipinski definition) is 4. The third kappa shape index (κ3) is 6.29. The van der Waals surface area contributed by atoms with Crippen LogP contribution in [0.1, 0.15) is 25.3 Å². The van der Waals surface area contributed by atoms with Gasteiger partial charge < -0.3 is 10.6 Å². The third-order valence-electron chi connectivity index (χ3n) is 3.73. The highest BCUT2D eigenvalue weighted by Gasteiger charge is 2.31. The van der Waals surface area contributed by atoms with Crippen LogP contribution in [0.25, 0.3) is 0 Å². The van der Waals surface area contributed by atoms with Gasteiger partial charge in [0.2, 0.25) is 15.9 Å². The summed E-state index contributed by atoms with van der Waals surface area (Å²) in [5, 5.41) is 0. The molecule has 3 N–H and O–H groups in total. The molecule has 0 heterocycles. The second-order valence-corrected chi connectivity index (χ2v) is 7.38. The Morgan fingerprint density at radius 2 is 2.00 bits per heavy atom. The van der Waals surface area contributed by atoms with Crippen LogP contribution in [0.3, 0.4) is 0 Å². The van der Waals surface area contributed by atoms with Gasteiger partial charge in [-0.1, -0.05) is 6.07 Å². The predicted molar refractivity (Wildman–Crippen MR) is 87.2 cm³/mol. The van der Waals surface area contributed by atoms with Crippen LogP contribution in [0.5, 0.6) is 0 Å². The van der Waals surface area contributed by atoms with Crippen molar-refractivity contribution in [3.8, 4) is 0 Å². The Bertz CT molecular complexity index is 693. The highest BCUT2D eigenvalue weighted by molar-refractivity contribution is 7.89. The molecule has 10 heteroatoms. The average Bonchev–Trinajstić information content (AvgIpc) is 2.56. The van der Waals surface area contributed by atoms with Crippen molar-refractivity contribution in [3.63, 3.8) is 0 Å². The summed E-state index contributed by atoms with van der Waals surface area (Å²) in [6.07, 6.45) is -4.30. The van der Waals surface area contributed by atoms with Crippen molar-refractivity contribution in [2.75, 3.05) is 20.1 Å². The Kier molecular flexibility index (Phi) is 7.39. The SMILES string of the molecule is CC(CN)N(C)C(=O)CCCNS(=O)(=O)c1cccc(C(F)(F)F)c1. The number of hydrogen-bond donors (Lipinski definition) is 2. The molecule has 0 saturated carbocycles. The molecule has 142 valence electrons. The van der Waals surface area contributed by atoms with Crippen molar-refractivity contribution in [2.45, 2.75) is 36.9 Å². The summed E-state index contributed by atoms with van der Waals surface area (Å²) in [7, 11) is -2.47. The number of likely N-dealkylation sites (N-methyl/N-ethyl adjacent to an activating group) is 1. The topological polar surface area (TPSA) is 92.5 Å². The van der Waals surface area contributed by atoms with Gasteiger partial charge in [-0.15, -0.1) is 0 Å². The van der Waals surface area contributed by atoms with E-state index in [1.165, 1.54) is 4.90 Å². The standard InChI is InChI=1S/C15H22F3N3O3S/c1-11(10-19)21(2)14(22)7-4-8-20-25(23,24)13-6-3-5-12(9-13)15(16,17)18/h3,5-6,9,11,20H,4,7-8,10,19H2,1-2H3. The zero-order chi connectivity index (χ0) is 19.3. The summed E-state index contributed by atoms with van der Waals surface area (Å²) in [5.74, 6) is -0.184. The van der Waals surface area contributed by atoms with Crippen molar-refractivity contribution >= 4 is 15.9 Å². The lowest BCUT2D eigenvalue weighted by Gasteiger charge is -2.23. The number of amides is 1. The van der Waals surface area contributed by atoms with Crippen LogP contribution in [0.15, 0.2) is 29.2 Å². The van der Waals surface area contributed by atoms with Crippen LogP contribution >= 0.6 is 0 Å². The predicted octanol–water partition coefficient (Wildman–Crippen LogP) is 1.57. The van der Waals surface area contributed by atoms with E-state index < -0.39 is 26.7 Å². The molecule has 0 aliphatic heterocycles. The van der Waals surface area contributed by atoms with E-state index in [0.29, 0.717) is 12.6 Å². The van der Waals surface area contributed by atoms with Crippen molar-refractivity contribution < 1.29 is 26.4 Å². The van der Waals surface area contributed by atoms with Crippen LogP contribution in [-0.4, -0.2) is 45.4 Å². The first kappa shape index (κ1) is 21.4. The summed E-state index contributed by atoms with van der Waals surface area (Å²) < 4.78 is 64.3. The fourth-order valence-electron chi connectivity index (χ4n) is 1.95. The molecule has 1 unspecified atom stereocenters. The number of benzene rings is 1.